The van der Waals surface area contributed by atoms with Gasteiger partial charge in [0.2, 0.25) is 5.78 Å². The van der Waals surface area contributed by atoms with Gasteiger partial charge in [-0.2, -0.15) is 0 Å². The van der Waals surface area contributed by atoms with Crippen molar-refractivity contribution in [2.75, 3.05) is 26.3 Å². The van der Waals surface area contributed by atoms with E-state index in [1.165, 1.54) is 11.3 Å². The molecule has 7 heteroatoms. The first-order chi connectivity index (χ1) is 16.6. The molecule has 0 aliphatic carbocycles. The van der Waals surface area contributed by atoms with Crippen LogP contribution in [-0.2, 0) is 0 Å². The number of hydrogen-bond acceptors (Lipinski definition) is 6. The van der Waals surface area contributed by atoms with Gasteiger partial charge in [0.15, 0.2) is 5.75 Å². The zero-order chi connectivity index (χ0) is 23.5. The summed E-state index contributed by atoms with van der Waals surface area (Å²) in [5.74, 6) is 1.81. The van der Waals surface area contributed by atoms with Crippen LogP contribution < -0.4 is 9.47 Å². The molecule has 0 atom stereocenters. The van der Waals surface area contributed by atoms with Crippen molar-refractivity contribution in [1.82, 2.24) is 4.90 Å². The number of hydrogen-bond donors (Lipinski definition) is 1. The summed E-state index contributed by atoms with van der Waals surface area (Å²) in [6.45, 7) is 2.08. The Kier molecular flexibility index (Phi) is 6.47. The molecule has 0 radical (unpaired) electrons. The summed E-state index contributed by atoms with van der Waals surface area (Å²) in [5, 5.41) is 10.7. The van der Waals surface area contributed by atoms with E-state index in [9.17, 15) is 14.3 Å². The van der Waals surface area contributed by atoms with Crippen molar-refractivity contribution in [3.05, 3.63) is 83.2 Å². The van der Waals surface area contributed by atoms with Gasteiger partial charge < -0.3 is 14.6 Å². The van der Waals surface area contributed by atoms with Gasteiger partial charge in [0, 0.05) is 35.3 Å². The molecule has 5 nitrogen and oxygen atoms in total. The summed E-state index contributed by atoms with van der Waals surface area (Å²) in [4.78, 5) is 15.9. The maximum Gasteiger partial charge on any atom is 0.206 e. The number of aromatic hydroxyl groups is 1. The maximum atomic E-state index is 13.2. The van der Waals surface area contributed by atoms with Gasteiger partial charge in [-0.1, -0.05) is 30.3 Å². The van der Waals surface area contributed by atoms with E-state index < -0.39 is 0 Å². The van der Waals surface area contributed by atoms with Crippen molar-refractivity contribution < 1.29 is 23.8 Å². The third kappa shape index (κ3) is 4.76. The second-order valence-electron chi connectivity index (χ2n) is 8.25. The fraction of sp³-hybridized carbons (Fsp3) is 0.222. The first-order valence-electron chi connectivity index (χ1n) is 11.2. The average molecular weight is 478 g/mol. The second-order valence-corrected chi connectivity index (χ2v) is 9.30. The Bertz CT molecular complexity index is 1280. The van der Waals surface area contributed by atoms with Gasteiger partial charge in [-0.3, -0.25) is 14.1 Å². The highest BCUT2D eigenvalue weighted by atomic mass is 32.1. The minimum absolute atomic E-state index is 0.106. The predicted molar refractivity (Wildman–Crippen MR) is 131 cm³/mol. The first-order valence-corrected chi connectivity index (χ1v) is 12.0. The molecule has 1 aliphatic rings. The first kappa shape index (κ1) is 22.4. The Balaban J connectivity index is 1.35. The average Bonchev–Trinajstić information content (AvgIpc) is 3.18. The molecule has 4 aromatic rings. The second kappa shape index (κ2) is 9.83. The van der Waals surface area contributed by atoms with E-state index in [-0.39, 0.29) is 24.3 Å². The van der Waals surface area contributed by atoms with Crippen LogP contribution in [0.3, 0.4) is 0 Å². The number of carbonyl (C=O) groups excluding carboxylic acids is 1. The molecule has 2 heterocycles. The van der Waals surface area contributed by atoms with E-state index in [2.05, 4.69) is 4.90 Å². The Hall–Kier alpha value is -3.42. The zero-order valence-corrected chi connectivity index (χ0v) is 19.3. The highest BCUT2D eigenvalue weighted by Gasteiger charge is 2.28. The van der Waals surface area contributed by atoms with Crippen LogP contribution >= 0.6 is 11.3 Å². The van der Waals surface area contributed by atoms with Crippen LogP contribution in [0, 0.1) is 0 Å². The number of nitrogens with zero attached hydrogens (tertiary/aromatic N) is 1. The summed E-state index contributed by atoms with van der Waals surface area (Å²) >= 11 is 1.30. The minimum Gasteiger partial charge on any atom is -0.508 e. The Labute approximate surface area is 201 Å². The molecule has 1 saturated heterocycles. The zero-order valence-electron chi connectivity index (χ0n) is 18.4. The van der Waals surface area contributed by atoms with E-state index in [1.807, 2.05) is 42.5 Å². The third-order valence-electron chi connectivity index (χ3n) is 5.75. The summed E-state index contributed by atoms with van der Waals surface area (Å²) < 4.78 is 25.3. The van der Waals surface area contributed by atoms with Gasteiger partial charge in [-0.25, -0.2) is 0 Å². The molecule has 0 amide bonds. The summed E-state index contributed by atoms with van der Waals surface area (Å²) in [6, 6.07) is 21.4. The lowest BCUT2D eigenvalue weighted by atomic mass is 10.1. The molecule has 3 aromatic carbocycles. The molecule has 1 N–H and O–H groups in total. The highest BCUT2D eigenvalue weighted by Crippen LogP contribution is 2.42. The van der Waals surface area contributed by atoms with Crippen LogP contribution in [0.25, 0.3) is 10.1 Å². The van der Waals surface area contributed by atoms with Gasteiger partial charge in [0.05, 0.1) is 6.67 Å². The number of thiophene rings is 1. The summed E-state index contributed by atoms with van der Waals surface area (Å²) in [5.41, 5.74) is 0.577. The predicted octanol–water partition coefficient (Wildman–Crippen LogP) is 6.05. The molecular formula is C27H24FNO4S. The van der Waals surface area contributed by atoms with Crippen molar-refractivity contribution >= 4 is 27.2 Å². The number of rotatable bonds is 9. The number of benzene rings is 3. The molecule has 0 unspecified atom stereocenters. The normalized spacial score (nSPS) is 14.1. The molecule has 1 fully saturated rings. The van der Waals surface area contributed by atoms with Gasteiger partial charge in [-0.15, -0.1) is 11.3 Å². The number of halogens is 1. The maximum absolute atomic E-state index is 13.2. The van der Waals surface area contributed by atoms with Gasteiger partial charge in [0.1, 0.15) is 28.2 Å². The van der Waals surface area contributed by atoms with E-state index in [0.29, 0.717) is 28.4 Å². The lowest BCUT2D eigenvalue weighted by Crippen LogP contribution is -2.53. The molecular weight excluding hydrogens is 453 g/mol. The summed E-state index contributed by atoms with van der Waals surface area (Å²) in [7, 11) is 0. The van der Waals surface area contributed by atoms with E-state index >= 15 is 0 Å². The monoisotopic (exact) mass is 477 g/mol. The lowest BCUT2D eigenvalue weighted by molar-refractivity contribution is 0.0184. The molecule has 1 aliphatic heterocycles. The van der Waals surface area contributed by atoms with Gasteiger partial charge >= 0.3 is 0 Å². The standard InChI is InChI=1S/C27H24FNO4S/c28-13-4-14-29-16-22(17-29)32-20-8-10-21(11-9-20)33-26-23-12-7-19(30)15-24(23)34-27(26)25(31)18-5-2-1-3-6-18/h1-3,5-12,15,22,30H,4,13-14,16-17H2. The van der Waals surface area contributed by atoms with Crippen LogP contribution in [0.2, 0.25) is 0 Å². The molecule has 0 saturated carbocycles. The topological polar surface area (TPSA) is 59.0 Å². The molecule has 174 valence electrons. The van der Waals surface area contributed by atoms with E-state index in [1.54, 1.807) is 30.3 Å². The highest BCUT2D eigenvalue weighted by molar-refractivity contribution is 7.21. The number of alkyl halides is 1. The molecule has 34 heavy (non-hydrogen) atoms. The molecule has 0 spiro atoms. The van der Waals surface area contributed by atoms with Crippen LogP contribution in [0.4, 0.5) is 4.39 Å². The fourth-order valence-electron chi connectivity index (χ4n) is 3.99. The number of phenols is 1. The van der Waals surface area contributed by atoms with Crippen LogP contribution in [0.15, 0.2) is 72.8 Å². The van der Waals surface area contributed by atoms with Gasteiger partial charge in [-0.05, 0) is 48.9 Å². The number of fused-ring (bicyclic) bond motifs is 1. The quantitative estimate of drug-likeness (QED) is 0.297. The number of ether oxygens (including phenoxy) is 2. The van der Waals surface area contributed by atoms with Crippen LogP contribution in [0.5, 0.6) is 23.0 Å². The number of likely N-dealkylation sites (tertiary alicyclic amines) is 1. The fourth-order valence-corrected chi connectivity index (χ4v) is 5.12. The largest absolute Gasteiger partial charge is 0.508 e. The summed E-state index contributed by atoms with van der Waals surface area (Å²) in [6.07, 6.45) is 0.666. The smallest absolute Gasteiger partial charge is 0.206 e. The van der Waals surface area contributed by atoms with Crippen molar-refractivity contribution in [3.8, 4) is 23.0 Å². The Morgan fingerprint density at radius 1 is 1.03 bits per heavy atom. The number of ketones is 1. The SMILES string of the molecule is O=C(c1ccccc1)c1sc2cc(O)ccc2c1Oc1ccc(OC2CN(CCCF)C2)cc1. The molecule has 5 rings (SSSR count). The third-order valence-corrected chi connectivity index (χ3v) is 6.88. The minimum atomic E-state index is -0.289. The van der Waals surface area contributed by atoms with Crippen LogP contribution in [0.1, 0.15) is 21.7 Å². The van der Waals surface area contributed by atoms with Gasteiger partial charge in [0.25, 0.3) is 0 Å². The molecule has 1 aromatic heterocycles. The van der Waals surface area contributed by atoms with Crippen molar-refractivity contribution in [2.45, 2.75) is 12.5 Å². The van der Waals surface area contributed by atoms with E-state index in [4.69, 9.17) is 9.47 Å². The Morgan fingerprint density at radius 2 is 1.76 bits per heavy atom. The van der Waals surface area contributed by atoms with Crippen LogP contribution in [-0.4, -0.2) is 48.2 Å². The van der Waals surface area contributed by atoms with Crippen molar-refractivity contribution in [3.63, 3.8) is 0 Å². The van der Waals surface area contributed by atoms with E-state index in [0.717, 1.165) is 35.5 Å². The number of phenolic OH excluding ortho intramolecular Hbond substituents is 1. The van der Waals surface area contributed by atoms with Crippen molar-refractivity contribution in [2.24, 2.45) is 0 Å². The van der Waals surface area contributed by atoms with Crippen molar-refractivity contribution in [1.29, 1.82) is 0 Å². The molecule has 0 bridgehead atoms. The Morgan fingerprint density at radius 3 is 2.50 bits per heavy atom. The lowest BCUT2D eigenvalue weighted by Gasteiger charge is -2.38. The number of carbonyl (C=O) groups is 1.